The van der Waals surface area contributed by atoms with Crippen molar-refractivity contribution in [3.8, 4) is 0 Å². The highest BCUT2D eigenvalue weighted by Crippen LogP contribution is 2.26. The van der Waals surface area contributed by atoms with Crippen LogP contribution in [0, 0.1) is 5.92 Å². The molecule has 1 fully saturated rings. The number of hydrogen-bond acceptors (Lipinski definition) is 5. The number of sulfone groups is 1. The Labute approximate surface area is 145 Å². The summed E-state index contributed by atoms with van der Waals surface area (Å²) < 4.78 is 23.6. The van der Waals surface area contributed by atoms with E-state index in [2.05, 4.69) is 15.6 Å². The van der Waals surface area contributed by atoms with Crippen molar-refractivity contribution in [1.82, 2.24) is 10.6 Å². The van der Waals surface area contributed by atoms with Crippen LogP contribution in [0.2, 0.25) is 4.34 Å². The Hall–Kier alpha value is -0.830. The number of aliphatic hydroxyl groups is 1. The van der Waals surface area contributed by atoms with E-state index >= 15 is 0 Å². The number of aliphatic hydroxyl groups excluding tert-OH is 1. The van der Waals surface area contributed by atoms with Crippen molar-refractivity contribution >= 4 is 38.7 Å². The predicted octanol–water partition coefficient (Wildman–Crippen LogP) is 1.42. The lowest BCUT2D eigenvalue weighted by Gasteiger charge is -2.15. The minimum atomic E-state index is -2.87. The fourth-order valence-corrected chi connectivity index (χ4v) is 5.29. The van der Waals surface area contributed by atoms with Gasteiger partial charge in [0.2, 0.25) is 0 Å². The van der Waals surface area contributed by atoms with E-state index in [1.54, 1.807) is 12.1 Å². The lowest BCUT2D eigenvalue weighted by atomic mass is 10.1. The second kappa shape index (κ2) is 8.32. The van der Waals surface area contributed by atoms with E-state index < -0.39 is 15.9 Å². The number of nitrogens with zero attached hydrogens (tertiary/aromatic N) is 1. The van der Waals surface area contributed by atoms with Crippen LogP contribution < -0.4 is 10.6 Å². The summed E-state index contributed by atoms with van der Waals surface area (Å²) in [5, 5.41) is 16.4. The molecule has 130 valence electrons. The molecule has 6 nitrogen and oxygen atoms in total. The Morgan fingerprint density at radius 2 is 2.30 bits per heavy atom. The van der Waals surface area contributed by atoms with Crippen LogP contribution in [0.3, 0.4) is 0 Å². The van der Waals surface area contributed by atoms with Crippen LogP contribution in [0.4, 0.5) is 0 Å². The minimum absolute atomic E-state index is 0.116. The number of hydrogen-bond donors (Lipinski definition) is 3. The van der Waals surface area contributed by atoms with Crippen LogP contribution in [0.25, 0.3) is 0 Å². The van der Waals surface area contributed by atoms with Gasteiger partial charge in [0.25, 0.3) is 0 Å². The maximum absolute atomic E-state index is 11.5. The van der Waals surface area contributed by atoms with Gasteiger partial charge in [0.05, 0.1) is 22.4 Å². The third kappa shape index (κ3) is 5.95. The molecule has 2 heterocycles. The normalized spacial score (nSPS) is 22.0. The Morgan fingerprint density at radius 3 is 2.87 bits per heavy atom. The summed E-state index contributed by atoms with van der Waals surface area (Å²) in [5.74, 6) is 1.20. The lowest BCUT2D eigenvalue weighted by Crippen LogP contribution is -2.40. The zero-order chi connectivity index (χ0) is 16.9. The molecular weight excluding hydrogens is 358 g/mol. The summed E-state index contributed by atoms with van der Waals surface area (Å²) in [6.45, 7) is 3.42. The van der Waals surface area contributed by atoms with E-state index in [1.807, 2.05) is 6.92 Å². The zero-order valence-electron chi connectivity index (χ0n) is 13.0. The van der Waals surface area contributed by atoms with Crippen LogP contribution in [0.5, 0.6) is 0 Å². The summed E-state index contributed by atoms with van der Waals surface area (Å²) in [4.78, 5) is 5.13. The average molecular weight is 380 g/mol. The van der Waals surface area contributed by atoms with Gasteiger partial charge in [0, 0.05) is 18.0 Å². The number of halogens is 1. The molecular formula is C14H22ClN3O3S2. The van der Waals surface area contributed by atoms with Gasteiger partial charge in [-0.05, 0) is 31.4 Å². The summed E-state index contributed by atoms with van der Waals surface area (Å²) in [6, 6.07) is 3.54. The summed E-state index contributed by atoms with van der Waals surface area (Å²) in [7, 11) is -2.87. The number of aliphatic imine (C=N–C) groups is 1. The maximum atomic E-state index is 11.5. The van der Waals surface area contributed by atoms with Gasteiger partial charge in [-0.3, -0.25) is 4.99 Å². The number of nitrogens with one attached hydrogen (secondary N) is 2. The largest absolute Gasteiger partial charge is 0.386 e. The van der Waals surface area contributed by atoms with Crippen LogP contribution in [0.15, 0.2) is 17.1 Å². The van der Waals surface area contributed by atoms with Crippen molar-refractivity contribution in [3.05, 3.63) is 21.3 Å². The Morgan fingerprint density at radius 1 is 1.52 bits per heavy atom. The van der Waals surface area contributed by atoms with Crippen molar-refractivity contribution in [1.29, 1.82) is 0 Å². The van der Waals surface area contributed by atoms with Gasteiger partial charge in [-0.25, -0.2) is 8.42 Å². The van der Waals surface area contributed by atoms with Crippen molar-refractivity contribution in [2.75, 3.05) is 31.1 Å². The first-order valence-electron chi connectivity index (χ1n) is 7.55. The molecule has 1 aromatic heterocycles. The molecule has 0 amide bonds. The monoisotopic (exact) mass is 379 g/mol. The van der Waals surface area contributed by atoms with Crippen molar-refractivity contribution in [2.24, 2.45) is 10.9 Å². The predicted molar refractivity (Wildman–Crippen MR) is 95.0 cm³/mol. The third-order valence-corrected chi connectivity index (χ3v) is 6.74. The molecule has 1 aliphatic heterocycles. The molecule has 9 heteroatoms. The van der Waals surface area contributed by atoms with Crippen LogP contribution >= 0.6 is 22.9 Å². The minimum Gasteiger partial charge on any atom is -0.386 e. The Kier molecular flexibility index (Phi) is 6.70. The van der Waals surface area contributed by atoms with E-state index in [0.29, 0.717) is 29.8 Å². The van der Waals surface area contributed by atoms with E-state index in [4.69, 9.17) is 11.6 Å². The lowest BCUT2D eigenvalue weighted by molar-refractivity contribution is 0.191. The highest BCUT2D eigenvalue weighted by Gasteiger charge is 2.27. The summed E-state index contributed by atoms with van der Waals surface area (Å²) >= 11 is 7.19. The molecule has 2 rings (SSSR count). The SMILES string of the molecule is CCNC(=NCC(O)c1ccc(Cl)s1)NCC1CCS(=O)(=O)C1. The molecule has 0 saturated carbocycles. The van der Waals surface area contributed by atoms with Crippen molar-refractivity contribution < 1.29 is 13.5 Å². The molecule has 2 atom stereocenters. The molecule has 0 radical (unpaired) electrons. The molecule has 2 unspecified atom stereocenters. The third-order valence-electron chi connectivity index (χ3n) is 3.57. The smallest absolute Gasteiger partial charge is 0.191 e. The summed E-state index contributed by atoms with van der Waals surface area (Å²) in [5.41, 5.74) is 0. The van der Waals surface area contributed by atoms with Gasteiger partial charge in [0.15, 0.2) is 15.8 Å². The molecule has 0 aromatic carbocycles. The van der Waals surface area contributed by atoms with Crippen LogP contribution in [0.1, 0.15) is 24.3 Å². The van der Waals surface area contributed by atoms with E-state index in [9.17, 15) is 13.5 Å². The average Bonchev–Trinajstić information content (AvgIpc) is 3.07. The highest BCUT2D eigenvalue weighted by molar-refractivity contribution is 7.91. The molecule has 1 saturated heterocycles. The number of thiophene rings is 1. The second-order valence-corrected chi connectivity index (χ2v) is 9.50. The molecule has 1 aromatic rings. The molecule has 23 heavy (non-hydrogen) atoms. The van der Waals surface area contributed by atoms with Gasteiger partial charge in [-0.15, -0.1) is 11.3 Å². The first kappa shape index (κ1) is 18.5. The van der Waals surface area contributed by atoms with E-state index in [1.165, 1.54) is 11.3 Å². The van der Waals surface area contributed by atoms with E-state index in [-0.39, 0.29) is 24.0 Å². The first-order chi connectivity index (χ1) is 10.9. The van der Waals surface area contributed by atoms with Gasteiger partial charge in [0.1, 0.15) is 6.10 Å². The maximum Gasteiger partial charge on any atom is 0.191 e. The Balaban J connectivity index is 1.87. The Bertz CT molecular complexity index is 645. The zero-order valence-corrected chi connectivity index (χ0v) is 15.3. The van der Waals surface area contributed by atoms with Gasteiger partial charge < -0.3 is 15.7 Å². The second-order valence-electron chi connectivity index (χ2n) is 5.53. The molecule has 0 bridgehead atoms. The van der Waals surface area contributed by atoms with Gasteiger partial charge >= 0.3 is 0 Å². The van der Waals surface area contributed by atoms with E-state index in [0.717, 1.165) is 4.88 Å². The first-order valence-corrected chi connectivity index (χ1v) is 10.6. The molecule has 3 N–H and O–H groups in total. The number of guanidine groups is 1. The molecule has 1 aliphatic rings. The van der Waals surface area contributed by atoms with Crippen molar-refractivity contribution in [3.63, 3.8) is 0 Å². The topological polar surface area (TPSA) is 90.8 Å². The van der Waals surface area contributed by atoms with Crippen molar-refractivity contribution in [2.45, 2.75) is 19.4 Å². The number of rotatable bonds is 6. The van der Waals surface area contributed by atoms with Crippen LogP contribution in [-0.4, -0.2) is 50.6 Å². The van der Waals surface area contributed by atoms with Crippen LogP contribution in [-0.2, 0) is 9.84 Å². The summed E-state index contributed by atoms with van der Waals surface area (Å²) in [6.07, 6.45) is -0.0137. The fourth-order valence-electron chi connectivity index (χ4n) is 2.39. The van der Waals surface area contributed by atoms with Gasteiger partial charge in [-0.2, -0.15) is 0 Å². The molecule has 0 aliphatic carbocycles. The fraction of sp³-hybridized carbons (Fsp3) is 0.643. The molecule has 0 spiro atoms. The van der Waals surface area contributed by atoms with Gasteiger partial charge in [-0.1, -0.05) is 11.6 Å². The quantitative estimate of drug-likeness (QED) is 0.513. The highest BCUT2D eigenvalue weighted by atomic mass is 35.5. The standard InChI is InChI=1S/C14H22ClN3O3S2/c1-2-16-14(17-7-10-5-6-23(20,21)9-10)18-8-11(19)12-3-4-13(15)22-12/h3-4,10-11,19H,2,5-9H2,1H3,(H2,16,17,18).